The van der Waals surface area contributed by atoms with Crippen LogP contribution in [0.2, 0.25) is 0 Å². The number of nitrogens with one attached hydrogen (secondary N) is 1. The largest absolute Gasteiger partial charge is 0.634 e. The molecule has 0 saturated heterocycles. The Morgan fingerprint density at radius 1 is 1.30 bits per heavy atom. The fraction of sp³-hybridized carbons (Fsp3) is 1.00. The van der Waals surface area contributed by atoms with E-state index in [1.807, 2.05) is 0 Å². The smallest absolute Gasteiger partial charge is 0.131 e. The van der Waals surface area contributed by atoms with E-state index in [1.54, 1.807) is 6.92 Å². The Bertz CT molecular complexity index is 83.0. The summed E-state index contributed by atoms with van der Waals surface area (Å²) in [6, 6.07) is -0.472. The van der Waals surface area contributed by atoms with Crippen molar-refractivity contribution in [1.82, 2.24) is 0 Å². The van der Waals surface area contributed by atoms with E-state index in [2.05, 4.69) is 0 Å². The zero-order valence-corrected chi connectivity index (χ0v) is 6.53. The quantitative estimate of drug-likeness (QED) is 0.412. The summed E-state index contributed by atoms with van der Waals surface area (Å²) >= 11 is 0. The summed E-state index contributed by atoms with van der Waals surface area (Å²) < 4.78 is 0. The molecule has 4 atom stereocenters. The highest BCUT2D eigenvalue weighted by molar-refractivity contribution is 4.67. The average molecular weight is 149 g/mol. The fourth-order valence-corrected chi connectivity index (χ4v) is 0.658. The van der Waals surface area contributed by atoms with Crippen molar-refractivity contribution >= 4 is 0 Å². The van der Waals surface area contributed by atoms with Gasteiger partial charge in [-0.15, -0.1) is 0 Å². The third kappa shape index (κ3) is 2.62. The second-order valence-corrected chi connectivity index (χ2v) is 2.63. The van der Waals surface area contributed by atoms with Gasteiger partial charge in [-0.3, -0.25) is 0 Å². The van der Waals surface area contributed by atoms with E-state index in [4.69, 9.17) is 10.2 Å². The van der Waals surface area contributed by atoms with Crippen LogP contribution in [0, 0.1) is 5.21 Å². The highest BCUT2D eigenvalue weighted by Crippen LogP contribution is 1.94. The van der Waals surface area contributed by atoms with Crippen LogP contribution in [0.3, 0.4) is 0 Å². The Morgan fingerprint density at radius 3 is 1.80 bits per heavy atom. The number of hydrogen-bond acceptors (Lipinski definition) is 3. The molecule has 0 saturated carbocycles. The fourth-order valence-electron chi connectivity index (χ4n) is 0.658. The van der Waals surface area contributed by atoms with E-state index in [0.29, 0.717) is 0 Å². The molecule has 10 heavy (non-hydrogen) atoms. The third-order valence-corrected chi connectivity index (χ3v) is 1.65. The molecule has 0 aromatic heterocycles. The topological polar surface area (TPSA) is 68.0 Å². The first-order valence-electron chi connectivity index (χ1n) is 3.33. The molecule has 0 aromatic rings. The zero-order valence-electron chi connectivity index (χ0n) is 6.53. The van der Waals surface area contributed by atoms with Crippen molar-refractivity contribution < 1.29 is 15.3 Å². The average Bonchev–Trinajstić information content (AvgIpc) is 1.84. The minimum atomic E-state index is -0.933. The molecule has 0 amide bonds. The number of hydrogen-bond donors (Lipinski definition) is 3. The van der Waals surface area contributed by atoms with E-state index >= 15 is 0 Å². The van der Waals surface area contributed by atoms with Crippen LogP contribution in [-0.4, -0.2) is 35.5 Å². The Hall–Kier alpha value is -0.160. The number of quaternary nitrogens is 1. The maximum Gasteiger partial charge on any atom is 0.131 e. The molecule has 0 aliphatic carbocycles. The summed E-state index contributed by atoms with van der Waals surface area (Å²) in [6.07, 6.45) is -1.77. The Morgan fingerprint density at radius 2 is 1.70 bits per heavy atom. The molecule has 62 valence electrons. The van der Waals surface area contributed by atoms with Crippen LogP contribution in [0.15, 0.2) is 0 Å². The SMILES string of the molecule is CC(O)C(O)C(C)[NH+](C)[O-]. The molecule has 0 aliphatic rings. The van der Waals surface area contributed by atoms with E-state index in [0.717, 1.165) is 0 Å². The number of hydroxylamine groups is 2. The molecule has 0 aliphatic heterocycles. The van der Waals surface area contributed by atoms with E-state index in [9.17, 15) is 5.21 Å². The van der Waals surface area contributed by atoms with Crippen molar-refractivity contribution in [2.75, 3.05) is 7.05 Å². The first-order valence-corrected chi connectivity index (χ1v) is 3.33. The second kappa shape index (κ2) is 3.88. The van der Waals surface area contributed by atoms with Gasteiger partial charge in [-0.25, -0.2) is 0 Å². The van der Waals surface area contributed by atoms with Crippen LogP contribution in [0.1, 0.15) is 13.8 Å². The maximum atomic E-state index is 10.6. The molecule has 4 unspecified atom stereocenters. The van der Waals surface area contributed by atoms with Crippen LogP contribution in [-0.2, 0) is 0 Å². The van der Waals surface area contributed by atoms with Crippen molar-refractivity contribution in [3.8, 4) is 0 Å². The van der Waals surface area contributed by atoms with Crippen LogP contribution in [0.5, 0.6) is 0 Å². The summed E-state index contributed by atoms with van der Waals surface area (Å²) in [6.45, 7) is 3.06. The second-order valence-electron chi connectivity index (χ2n) is 2.63. The molecule has 4 heteroatoms. The standard InChI is InChI=1S/C6H15NO3/c1-4(7(3)10)6(9)5(2)8/h4-9H,1-3H3. The van der Waals surface area contributed by atoms with Crippen LogP contribution in [0.25, 0.3) is 0 Å². The number of rotatable bonds is 3. The Labute approximate surface area is 60.7 Å². The molecule has 3 N–H and O–H groups in total. The summed E-state index contributed by atoms with van der Waals surface area (Å²) in [5.74, 6) is 0. The van der Waals surface area contributed by atoms with Crippen LogP contribution in [0.4, 0.5) is 0 Å². The summed E-state index contributed by atoms with van der Waals surface area (Å²) in [5, 5.41) is 28.4. The minimum absolute atomic E-state index is 0.103. The predicted octanol–water partition coefficient (Wildman–Crippen LogP) is -1.87. The molecule has 0 bridgehead atoms. The van der Waals surface area contributed by atoms with Gasteiger partial charge in [0.15, 0.2) is 0 Å². The lowest BCUT2D eigenvalue weighted by atomic mass is 10.1. The lowest BCUT2D eigenvalue weighted by Gasteiger charge is -2.29. The van der Waals surface area contributed by atoms with Gasteiger partial charge in [0.05, 0.1) is 13.2 Å². The van der Waals surface area contributed by atoms with Crippen molar-refractivity contribution in [1.29, 1.82) is 0 Å². The highest BCUT2D eigenvalue weighted by atomic mass is 16.5. The maximum absolute atomic E-state index is 10.6. The van der Waals surface area contributed by atoms with Crippen molar-refractivity contribution in [3.05, 3.63) is 5.21 Å². The predicted molar refractivity (Wildman–Crippen MR) is 37.4 cm³/mol. The number of aliphatic hydroxyl groups is 2. The van der Waals surface area contributed by atoms with Gasteiger partial charge < -0.3 is 20.5 Å². The monoisotopic (exact) mass is 149 g/mol. The van der Waals surface area contributed by atoms with Gasteiger partial charge in [-0.2, -0.15) is 0 Å². The van der Waals surface area contributed by atoms with Gasteiger partial charge in [0.1, 0.15) is 12.1 Å². The van der Waals surface area contributed by atoms with Crippen LogP contribution < -0.4 is 5.06 Å². The normalized spacial score (nSPS) is 23.4. The van der Waals surface area contributed by atoms with Gasteiger partial charge in [0.25, 0.3) is 0 Å². The van der Waals surface area contributed by atoms with Gasteiger partial charge in [-0.1, -0.05) is 0 Å². The molecular formula is C6H15NO3. The van der Waals surface area contributed by atoms with E-state index in [-0.39, 0.29) is 5.06 Å². The summed E-state index contributed by atoms with van der Waals surface area (Å²) in [7, 11) is 1.40. The van der Waals surface area contributed by atoms with Gasteiger partial charge in [0.2, 0.25) is 0 Å². The number of likely N-dealkylation sites (N-methyl/N-ethyl adjacent to an activating group) is 1. The van der Waals surface area contributed by atoms with Gasteiger partial charge >= 0.3 is 0 Å². The van der Waals surface area contributed by atoms with Crippen molar-refractivity contribution in [3.63, 3.8) is 0 Å². The Kier molecular flexibility index (Phi) is 3.81. The summed E-state index contributed by atoms with van der Waals surface area (Å²) in [4.78, 5) is 0. The first kappa shape index (κ1) is 9.84. The molecule has 0 rings (SSSR count). The zero-order chi connectivity index (χ0) is 8.31. The summed E-state index contributed by atoms with van der Waals surface area (Å²) in [5.41, 5.74) is 0. The lowest BCUT2D eigenvalue weighted by molar-refractivity contribution is -0.857. The van der Waals surface area contributed by atoms with Crippen molar-refractivity contribution in [2.45, 2.75) is 32.1 Å². The lowest BCUT2D eigenvalue weighted by Crippen LogP contribution is -3.09. The third-order valence-electron chi connectivity index (χ3n) is 1.65. The Balaban J connectivity index is 3.81. The molecule has 0 spiro atoms. The molecule has 4 nitrogen and oxygen atoms in total. The van der Waals surface area contributed by atoms with Crippen LogP contribution >= 0.6 is 0 Å². The van der Waals surface area contributed by atoms with Gasteiger partial charge in [0, 0.05) is 0 Å². The molecule has 0 heterocycles. The minimum Gasteiger partial charge on any atom is -0.634 e. The van der Waals surface area contributed by atoms with E-state index in [1.165, 1.54) is 14.0 Å². The first-order chi connectivity index (χ1) is 4.46. The highest BCUT2D eigenvalue weighted by Gasteiger charge is 2.22. The number of aliphatic hydroxyl groups excluding tert-OH is 2. The molecule has 0 fully saturated rings. The molecule has 0 radical (unpaired) electrons. The molecular weight excluding hydrogens is 134 g/mol. The molecule has 0 aromatic carbocycles. The van der Waals surface area contributed by atoms with Crippen molar-refractivity contribution in [2.24, 2.45) is 0 Å². The van der Waals surface area contributed by atoms with E-state index < -0.39 is 18.2 Å². The van der Waals surface area contributed by atoms with Gasteiger partial charge in [-0.05, 0) is 13.8 Å².